The molecule has 0 atom stereocenters. The van der Waals surface area contributed by atoms with E-state index >= 15 is 0 Å². The Morgan fingerprint density at radius 1 is 0.244 bits per heavy atom. The third kappa shape index (κ3) is 3.35. The van der Waals surface area contributed by atoms with Crippen molar-refractivity contribution in [2.75, 3.05) is 0 Å². The summed E-state index contributed by atoms with van der Waals surface area (Å²) in [6.45, 7) is 0. The van der Waals surface area contributed by atoms with Crippen LogP contribution >= 0.6 is 0 Å². The summed E-state index contributed by atoms with van der Waals surface area (Å²) in [6.07, 6.45) is 0. The predicted molar refractivity (Wildman–Crippen MR) is 189 cm³/mol. The van der Waals surface area contributed by atoms with Crippen LogP contribution in [0, 0.1) is 0 Å². The minimum atomic E-state index is 1.15. The summed E-state index contributed by atoms with van der Waals surface area (Å²) in [5.74, 6) is 0. The topological polar surface area (TPSA) is 14.8 Å². The van der Waals surface area contributed by atoms with Gasteiger partial charge in [0.25, 0.3) is 0 Å². The fourth-order valence-electron chi connectivity index (χ4n) is 7.58. The highest BCUT2D eigenvalue weighted by molar-refractivity contribution is 6.26. The van der Waals surface area contributed by atoms with Crippen molar-refractivity contribution in [3.05, 3.63) is 164 Å². The lowest BCUT2D eigenvalue weighted by molar-refractivity contribution is 1.15. The maximum absolute atomic E-state index is 2.46. The standard InChI is InChI=1S/C42H27N3/c1-2-12-28(13-3-1)44-39-21-11-7-17-35(39)41-40(44)27-26-34-33-16-6-10-20-38(33)45(42(34)41)30-24-22-29(23-25-30)43-36-18-8-4-14-31(36)32-15-5-9-19-37(32)43/h1-27H. The van der Waals surface area contributed by atoms with E-state index in [9.17, 15) is 0 Å². The molecule has 0 radical (unpaired) electrons. The van der Waals surface area contributed by atoms with Crippen LogP contribution in [0.3, 0.4) is 0 Å². The van der Waals surface area contributed by atoms with Gasteiger partial charge in [0, 0.05) is 49.4 Å². The molecule has 10 rings (SSSR count). The van der Waals surface area contributed by atoms with Gasteiger partial charge in [-0.15, -0.1) is 0 Å². The third-order valence-electron chi connectivity index (χ3n) is 9.43. The van der Waals surface area contributed by atoms with E-state index in [-0.39, 0.29) is 0 Å². The van der Waals surface area contributed by atoms with E-state index < -0.39 is 0 Å². The number of nitrogens with zero attached hydrogens (tertiary/aromatic N) is 3. The first kappa shape index (κ1) is 24.4. The Hall–Kier alpha value is -6.06. The summed E-state index contributed by atoms with van der Waals surface area (Å²) < 4.78 is 7.24. The summed E-state index contributed by atoms with van der Waals surface area (Å²) in [5, 5.41) is 7.61. The lowest BCUT2D eigenvalue weighted by Crippen LogP contribution is -1.97. The van der Waals surface area contributed by atoms with E-state index in [0.717, 1.165) is 11.4 Å². The molecule has 210 valence electrons. The quantitative estimate of drug-likeness (QED) is 0.200. The smallest absolute Gasteiger partial charge is 0.0641 e. The average Bonchev–Trinajstić information content (AvgIpc) is 3.75. The van der Waals surface area contributed by atoms with Crippen molar-refractivity contribution >= 4 is 65.4 Å². The van der Waals surface area contributed by atoms with Crippen molar-refractivity contribution in [3.8, 4) is 17.1 Å². The second-order valence-corrected chi connectivity index (χ2v) is 11.8. The second kappa shape index (κ2) is 9.22. The molecule has 7 aromatic carbocycles. The maximum atomic E-state index is 2.46. The van der Waals surface area contributed by atoms with E-state index in [1.54, 1.807) is 0 Å². The normalized spacial score (nSPS) is 12.0. The molecule has 0 amide bonds. The Morgan fingerprint density at radius 3 is 1.24 bits per heavy atom. The Bertz CT molecular complexity index is 2690. The molecule has 3 nitrogen and oxygen atoms in total. The molecular weight excluding hydrogens is 546 g/mol. The van der Waals surface area contributed by atoms with Crippen LogP contribution in [0.4, 0.5) is 0 Å². The minimum Gasteiger partial charge on any atom is -0.309 e. The number of benzene rings is 7. The van der Waals surface area contributed by atoms with Crippen LogP contribution in [0.1, 0.15) is 0 Å². The summed E-state index contributed by atoms with van der Waals surface area (Å²) in [4.78, 5) is 0. The van der Waals surface area contributed by atoms with Gasteiger partial charge in [-0.2, -0.15) is 0 Å². The number of fused-ring (bicyclic) bond motifs is 10. The van der Waals surface area contributed by atoms with Crippen LogP contribution in [0.15, 0.2) is 164 Å². The SMILES string of the molecule is c1ccc(-n2c3ccccc3c3c2ccc2c4ccccc4n(-c4ccc(-n5c6ccccc6c6ccccc65)cc4)c23)cc1. The van der Waals surface area contributed by atoms with Gasteiger partial charge in [-0.05, 0) is 66.7 Å². The molecule has 0 spiro atoms. The Morgan fingerprint density at radius 2 is 0.644 bits per heavy atom. The van der Waals surface area contributed by atoms with Crippen molar-refractivity contribution in [3.63, 3.8) is 0 Å². The van der Waals surface area contributed by atoms with Crippen molar-refractivity contribution in [2.45, 2.75) is 0 Å². The van der Waals surface area contributed by atoms with Gasteiger partial charge in [-0.3, -0.25) is 0 Å². The molecule has 3 heteroatoms. The van der Waals surface area contributed by atoms with E-state index in [1.165, 1.54) is 71.1 Å². The fourth-order valence-corrected chi connectivity index (χ4v) is 7.58. The van der Waals surface area contributed by atoms with Gasteiger partial charge < -0.3 is 13.7 Å². The van der Waals surface area contributed by atoms with Gasteiger partial charge in [0.15, 0.2) is 0 Å². The molecule has 0 aliphatic heterocycles. The van der Waals surface area contributed by atoms with Crippen LogP contribution in [0.2, 0.25) is 0 Å². The Labute approximate surface area is 259 Å². The number of hydrogen-bond acceptors (Lipinski definition) is 0. The molecule has 0 aliphatic carbocycles. The minimum absolute atomic E-state index is 1.15. The molecular formula is C42H27N3. The largest absolute Gasteiger partial charge is 0.309 e. The fraction of sp³-hybridized carbons (Fsp3) is 0. The van der Waals surface area contributed by atoms with E-state index in [2.05, 4.69) is 177 Å². The summed E-state index contributed by atoms with van der Waals surface area (Å²) in [6, 6.07) is 59.4. The van der Waals surface area contributed by atoms with Crippen molar-refractivity contribution < 1.29 is 0 Å². The molecule has 0 saturated carbocycles. The highest BCUT2D eigenvalue weighted by Gasteiger charge is 2.21. The molecule has 45 heavy (non-hydrogen) atoms. The van der Waals surface area contributed by atoms with E-state index in [4.69, 9.17) is 0 Å². The van der Waals surface area contributed by atoms with Crippen molar-refractivity contribution in [1.82, 2.24) is 13.7 Å². The van der Waals surface area contributed by atoms with Gasteiger partial charge in [0.1, 0.15) is 0 Å². The number of para-hydroxylation sites is 5. The van der Waals surface area contributed by atoms with Crippen LogP contribution in [0.25, 0.3) is 82.5 Å². The van der Waals surface area contributed by atoms with Crippen molar-refractivity contribution in [2.24, 2.45) is 0 Å². The molecule has 0 unspecified atom stereocenters. The summed E-state index contributed by atoms with van der Waals surface area (Å²) in [7, 11) is 0. The average molecular weight is 574 g/mol. The number of rotatable bonds is 3. The first-order valence-corrected chi connectivity index (χ1v) is 15.5. The number of hydrogen-bond donors (Lipinski definition) is 0. The molecule has 3 aromatic heterocycles. The zero-order valence-corrected chi connectivity index (χ0v) is 24.4. The first-order valence-electron chi connectivity index (χ1n) is 15.5. The lowest BCUT2D eigenvalue weighted by Gasteiger charge is -2.12. The Balaban J connectivity index is 1.28. The maximum Gasteiger partial charge on any atom is 0.0641 e. The molecule has 10 aromatic rings. The van der Waals surface area contributed by atoms with Crippen LogP contribution in [0.5, 0.6) is 0 Å². The zero-order chi connectivity index (χ0) is 29.5. The van der Waals surface area contributed by atoms with Crippen LogP contribution in [-0.4, -0.2) is 13.7 Å². The van der Waals surface area contributed by atoms with Crippen LogP contribution in [-0.2, 0) is 0 Å². The number of aromatic nitrogens is 3. The Kier molecular flexibility index (Phi) is 5.00. The molecule has 0 bridgehead atoms. The highest BCUT2D eigenvalue weighted by atomic mass is 15.0. The monoisotopic (exact) mass is 573 g/mol. The zero-order valence-electron chi connectivity index (χ0n) is 24.4. The first-order chi connectivity index (χ1) is 22.4. The van der Waals surface area contributed by atoms with Gasteiger partial charge in [0.05, 0.1) is 33.1 Å². The van der Waals surface area contributed by atoms with E-state index in [0.29, 0.717) is 0 Å². The molecule has 3 heterocycles. The van der Waals surface area contributed by atoms with Crippen LogP contribution < -0.4 is 0 Å². The third-order valence-corrected chi connectivity index (χ3v) is 9.43. The molecule has 0 aliphatic rings. The molecule has 0 fully saturated rings. The molecule has 0 saturated heterocycles. The van der Waals surface area contributed by atoms with Gasteiger partial charge >= 0.3 is 0 Å². The molecule has 0 N–H and O–H groups in total. The predicted octanol–water partition coefficient (Wildman–Crippen LogP) is 11.0. The van der Waals surface area contributed by atoms with Crippen molar-refractivity contribution in [1.29, 1.82) is 0 Å². The van der Waals surface area contributed by atoms with E-state index in [1.807, 2.05) is 0 Å². The highest BCUT2D eigenvalue weighted by Crippen LogP contribution is 2.42. The second-order valence-electron chi connectivity index (χ2n) is 11.8. The van der Waals surface area contributed by atoms with Gasteiger partial charge in [-0.1, -0.05) is 97.1 Å². The summed E-state index contributed by atoms with van der Waals surface area (Å²) in [5.41, 5.74) is 10.8. The lowest BCUT2D eigenvalue weighted by atomic mass is 10.1. The van der Waals surface area contributed by atoms with Gasteiger partial charge in [-0.25, -0.2) is 0 Å². The van der Waals surface area contributed by atoms with Gasteiger partial charge in [0.2, 0.25) is 0 Å². The summed E-state index contributed by atoms with van der Waals surface area (Å²) >= 11 is 0.